The molecule has 0 aliphatic carbocycles. The fourth-order valence-electron chi connectivity index (χ4n) is 3.38. The molecule has 0 amide bonds. The summed E-state index contributed by atoms with van der Waals surface area (Å²) in [6, 6.07) is 9.87. The van der Waals surface area contributed by atoms with Gasteiger partial charge in [-0.25, -0.2) is 4.98 Å². The molecular weight excluding hydrogens is 518 g/mol. The molecule has 1 atom stereocenters. The van der Waals surface area contributed by atoms with Gasteiger partial charge in [-0.15, -0.1) is 11.3 Å². The third-order valence-corrected chi connectivity index (χ3v) is 7.27. The van der Waals surface area contributed by atoms with Crippen molar-refractivity contribution in [1.82, 2.24) is 20.5 Å². The number of aromatic nitrogens is 1. The van der Waals surface area contributed by atoms with Crippen LogP contribution in [0.5, 0.6) is 5.75 Å². The first-order valence-corrected chi connectivity index (χ1v) is 14.1. The SMILES string of the molecule is CCOc1ccc2nc(CC(S)CNC(=C[N+](=O)[O-])NCCSCc3ccc(CN(C)C)o3)sc2c1. The molecule has 3 aromatic rings. The minimum absolute atomic E-state index is 0.0569. The van der Waals surface area contributed by atoms with E-state index in [0.717, 1.165) is 56.7 Å². The Morgan fingerprint density at radius 1 is 1.33 bits per heavy atom. The molecule has 1 unspecified atom stereocenters. The van der Waals surface area contributed by atoms with Crippen LogP contribution in [0.25, 0.3) is 10.2 Å². The summed E-state index contributed by atoms with van der Waals surface area (Å²) in [6.45, 7) is 4.39. The van der Waals surface area contributed by atoms with E-state index >= 15 is 0 Å². The molecule has 0 saturated carbocycles. The lowest BCUT2D eigenvalue weighted by molar-refractivity contribution is -0.404. The highest BCUT2D eigenvalue weighted by Crippen LogP contribution is 2.27. The Bertz CT molecular complexity index is 1150. The molecule has 196 valence electrons. The van der Waals surface area contributed by atoms with Crippen LogP contribution in [0.15, 0.2) is 46.8 Å². The van der Waals surface area contributed by atoms with Gasteiger partial charge in [0.1, 0.15) is 17.3 Å². The van der Waals surface area contributed by atoms with E-state index in [0.29, 0.717) is 31.9 Å². The molecule has 0 saturated heterocycles. The van der Waals surface area contributed by atoms with Crippen LogP contribution in [0.4, 0.5) is 0 Å². The zero-order valence-electron chi connectivity index (χ0n) is 20.7. The van der Waals surface area contributed by atoms with E-state index in [1.54, 1.807) is 23.1 Å². The Balaban J connectivity index is 1.41. The fraction of sp³-hybridized carbons (Fsp3) is 0.458. The van der Waals surface area contributed by atoms with E-state index < -0.39 is 4.92 Å². The van der Waals surface area contributed by atoms with Crippen LogP contribution < -0.4 is 15.4 Å². The van der Waals surface area contributed by atoms with Crippen molar-refractivity contribution >= 4 is 45.9 Å². The van der Waals surface area contributed by atoms with Gasteiger partial charge in [-0.05, 0) is 51.4 Å². The van der Waals surface area contributed by atoms with Crippen molar-refractivity contribution in [3.05, 3.63) is 69.0 Å². The van der Waals surface area contributed by atoms with Crippen LogP contribution in [0.3, 0.4) is 0 Å². The number of ether oxygens (including phenoxy) is 1. The summed E-state index contributed by atoms with van der Waals surface area (Å²) >= 11 is 7.99. The van der Waals surface area contributed by atoms with E-state index in [2.05, 4.69) is 33.1 Å². The fourth-order valence-corrected chi connectivity index (χ4v) is 5.59. The van der Waals surface area contributed by atoms with Crippen LogP contribution in [-0.4, -0.2) is 59.6 Å². The number of thioether (sulfide) groups is 1. The lowest BCUT2D eigenvalue weighted by Crippen LogP contribution is -2.33. The summed E-state index contributed by atoms with van der Waals surface area (Å²) in [5, 5.41) is 18.2. The van der Waals surface area contributed by atoms with E-state index in [1.165, 1.54) is 0 Å². The van der Waals surface area contributed by atoms with E-state index in [4.69, 9.17) is 9.15 Å². The Morgan fingerprint density at radius 2 is 2.14 bits per heavy atom. The average molecular weight is 552 g/mol. The molecule has 2 heterocycles. The van der Waals surface area contributed by atoms with E-state index in [9.17, 15) is 10.1 Å². The molecule has 12 heteroatoms. The van der Waals surface area contributed by atoms with Crippen molar-refractivity contribution in [3.8, 4) is 5.75 Å². The molecule has 36 heavy (non-hydrogen) atoms. The first kappa shape index (κ1) is 28.2. The van der Waals surface area contributed by atoms with Crippen LogP contribution in [0, 0.1) is 10.1 Å². The van der Waals surface area contributed by atoms with Crippen molar-refractivity contribution in [1.29, 1.82) is 0 Å². The van der Waals surface area contributed by atoms with Crippen LogP contribution in [0.2, 0.25) is 0 Å². The number of hydrogen-bond acceptors (Lipinski definition) is 11. The second kappa shape index (κ2) is 14.4. The second-order valence-electron chi connectivity index (χ2n) is 8.32. The number of nitrogens with zero attached hydrogens (tertiary/aromatic N) is 3. The molecule has 2 aromatic heterocycles. The molecule has 0 radical (unpaired) electrons. The van der Waals surface area contributed by atoms with Crippen molar-refractivity contribution in [2.75, 3.05) is 39.5 Å². The zero-order valence-corrected chi connectivity index (χ0v) is 23.3. The second-order valence-corrected chi connectivity index (χ2v) is 11.3. The maximum atomic E-state index is 11.1. The van der Waals surface area contributed by atoms with Gasteiger partial charge in [-0.2, -0.15) is 24.4 Å². The number of furan rings is 1. The molecule has 0 spiro atoms. The van der Waals surface area contributed by atoms with Gasteiger partial charge in [0.05, 0.1) is 39.1 Å². The van der Waals surface area contributed by atoms with Gasteiger partial charge in [0, 0.05) is 30.5 Å². The minimum atomic E-state index is -0.464. The average Bonchev–Trinajstić information content (AvgIpc) is 3.42. The monoisotopic (exact) mass is 551 g/mol. The van der Waals surface area contributed by atoms with Crippen molar-refractivity contribution < 1.29 is 14.1 Å². The predicted octanol–water partition coefficient (Wildman–Crippen LogP) is 4.38. The van der Waals surface area contributed by atoms with Crippen molar-refractivity contribution in [2.24, 2.45) is 0 Å². The number of rotatable bonds is 16. The maximum Gasteiger partial charge on any atom is 0.274 e. The third-order valence-electron chi connectivity index (χ3n) is 4.88. The smallest absolute Gasteiger partial charge is 0.274 e. The molecule has 9 nitrogen and oxygen atoms in total. The first-order chi connectivity index (χ1) is 17.3. The van der Waals surface area contributed by atoms with Gasteiger partial charge in [0.25, 0.3) is 6.20 Å². The van der Waals surface area contributed by atoms with Gasteiger partial charge in [-0.3, -0.25) is 10.1 Å². The lowest BCUT2D eigenvalue weighted by Gasteiger charge is -2.14. The number of nitro groups is 1. The molecular formula is C24H33N5O4S3. The van der Waals surface area contributed by atoms with Crippen molar-refractivity contribution in [3.63, 3.8) is 0 Å². The van der Waals surface area contributed by atoms with Crippen LogP contribution in [-0.2, 0) is 18.7 Å². The normalized spacial score (nSPS) is 12.8. The number of fused-ring (bicyclic) bond motifs is 1. The number of benzene rings is 1. The largest absolute Gasteiger partial charge is 0.494 e. The molecule has 2 N–H and O–H groups in total. The van der Waals surface area contributed by atoms with Gasteiger partial charge in [0.2, 0.25) is 0 Å². The highest BCUT2D eigenvalue weighted by Gasteiger charge is 2.12. The standard InChI is InChI=1S/C24H33N5O4S3/c1-4-32-17-7-8-21-22(11-17)36-24(27-21)12-20(34)13-26-23(15-29(30)31)25-9-10-35-16-19-6-5-18(33-19)14-28(2)3/h5-8,11,15,20,25-26,34H,4,9-10,12-14,16H2,1-3H3. The Hall–Kier alpha value is -2.41. The van der Waals surface area contributed by atoms with Crippen molar-refractivity contribution in [2.45, 2.75) is 30.9 Å². The number of thiazole rings is 1. The summed E-state index contributed by atoms with van der Waals surface area (Å²) in [6.07, 6.45) is 1.61. The summed E-state index contributed by atoms with van der Waals surface area (Å²) in [7, 11) is 4.00. The Labute approximate surface area is 225 Å². The van der Waals surface area contributed by atoms with Gasteiger partial charge in [-0.1, -0.05) is 0 Å². The van der Waals surface area contributed by atoms with Gasteiger partial charge < -0.3 is 24.7 Å². The number of hydrogen-bond donors (Lipinski definition) is 3. The molecule has 0 fully saturated rings. The zero-order chi connectivity index (χ0) is 25.9. The topological polar surface area (TPSA) is 106 Å². The van der Waals surface area contributed by atoms with Gasteiger partial charge in [0.15, 0.2) is 5.82 Å². The highest BCUT2D eigenvalue weighted by molar-refractivity contribution is 7.98. The van der Waals surface area contributed by atoms with Crippen LogP contribution >= 0.6 is 35.7 Å². The molecule has 0 bridgehead atoms. The quantitative estimate of drug-likeness (QED) is 0.104. The van der Waals surface area contributed by atoms with E-state index in [1.807, 2.05) is 51.4 Å². The predicted molar refractivity (Wildman–Crippen MR) is 151 cm³/mol. The molecule has 1 aromatic carbocycles. The Morgan fingerprint density at radius 3 is 2.89 bits per heavy atom. The van der Waals surface area contributed by atoms with E-state index in [-0.39, 0.29) is 5.25 Å². The Kier molecular flexibility index (Phi) is 11.2. The summed E-state index contributed by atoms with van der Waals surface area (Å²) in [4.78, 5) is 17.3. The number of nitrogens with one attached hydrogen (secondary N) is 2. The highest BCUT2D eigenvalue weighted by atomic mass is 32.2. The third kappa shape index (κ3) is 9.57. The summed E-state index contributed by atoms with van der Waals surface area (Å²) < 4.78 is 12.4. The number of thiol groups is 1. The van der Waals surface area contributed by atoms with Gasteiger partial charge >= 0.3 is 0 Å². The molecule has 0 aliphatic rings. The summed E-state index contributed by atoms with van der Waals surface area (Å²) in [5.74, 6) is 4.61. The van der Waals surface area contributed by atoms with Crippen LogP contribution in [0.1, 0.15) is 23.5 Å². The molecule has 0 aliphatic heterocycles. The first-order valence-electron chi connectivity index (χ1n) is 11.7. The molecule has 3 rings (SSSR count). The maximum absolute atomic E-state index is 11.1. The lowest BCUT2D eigenvalue weighted by atomic mass is 10.3. The summed E-state index contributed by atoms with van der Waals surface area (Å²) in [5.41, 5.74) is 0.934. The minimum Gasteiger partial charge on any atom is -0.494 e.